The minimum Gasteiger partial charge on any atom is -0.385 e. The van der Waals surface area contributed by atoms with Gasteiger partial charge >= 0.3 is 0 Å². The Kier molecular flexibility index (Phi) is 5.63. The first kappa shape index (κ1) is 14.0. The molecular weight excluding hydrogens is 244 g/mol. The molecule has 1 fully saturated rings. The lowest BCUT2D eigenvalue weighted by Crippen LogP contribution is -2.47. The van der Waals surface area contributed by atoms with Crippen LogP contribution in [0.5, 0.6) is 0 Å². The van der Waals surface area contributed by atoms with Gasteiger partial charge < -0.3 is 9.64 Å². The molecule has 18 heavy (non-hydrogen) atoms. The summed E-state index contributed by atoms with van der Waals surface area (Å²) >= 11 is 1.80. The third kappa shape index (κ3) is 3.79. The molecule has 1 aliphatic rings. The van der Waals surface area contributed by atoms with E-state index in [0.717, 1.165) is 13.0 Å². The monoisotopic (exact) mass is 268 g/mol. The van der Waals surface area contributed by atoms with E-state index in [0.29, 0.717) is 6.04 Å². The molecule has 4 heteroatoms. The SMILES string of the molecule is COCCCN1CCN([C@H](C)c2ccsc2)CC1. The molecule has 0 bridgehead atoms. The highest BCUT2D eigenvalue weighted by Gasteiger charge is 2.21. The summed E-state index contributed by atoms with van der Waals surface area (Å²) in [5.41, 5.74) is 1.47. The first-order valence-corrected chi connectivity index (χ1v) is 7.73. The fourth-order valence-corrected chi connectivity index (χ4v) is 3.28. The van der Waals surface area contributed by atoms with Gasteiger partial charge in [-0.25, -0.2) is 0 Å². The first-order valence-electron chi connectivity index (χ1n) is 6.78. The lowest BCUT2D eigenvalue weighted by atomic mass is 10.1. The van der Waals surface area contributed by atoms with Gasteiger partial charge in [0.2, 0.25) is 0 Å². The van der Waals surface area contributed by atoms with Crippen LogP contribution in [0.3, 0.4) is 0 Å². The summed E-state index contributed by atoms with van der Waals surface area (Å²) < 4.78 is 5.11. The molecule has 0 aliphatic carbocycles. The first-order chi connectivity index (χ1) is 8.81. The van der Waals surface area contributed by atoms with Gasteiger partial charge in [-0.1, -0.05) is 0 Å². The molecular formula is C14H24N2OS. The zero-order valence-corrected chi connectivity index (χ0v) is 12.3. The van der Waals surface area contributed by atoms with E-state index < -0.39 is 0 Å². The molecule has 1 aliphatic heterocycles. The number of ether oxygens (including phenoxy) is 1. The maximum absolute atomic E-state index is 5.11. The van der Waals surface area contributed by atoms with E-state index in [1.807, 2.05) is 0 Å². The van der Waals surface area contributed by atoms with Crippen molar-refractivity contribution in [1.29, 1.82) is 0 Å². The van der Waals surface area contributed by atoms with Gasteiger partial charge in [0.25, 0.3) is 0 Å². The standard InChI is InChI=1S/C14H24N2OS/c1-13(14-4-11-18-12-14)16-8-6-15(7-9-16)5-3-10-17-2/h4,11-13H,3,5-10H2,1-2H3/t13-/m1/s1. The molecule has 1 atom stereocenters. The molecule has 1 aromatic rings. The largest absolute Gasteiger partial charge is 0.385 e. The number of piperazine rings is 1. The minimum absolute atomic E-state index is 0.567. The van der Waals surface area contributed by atoms with Crippen LogP contribution in [0.1, 0.15) is 24.9 Å². The summed E-state index contributed by atoms with van der Waals surface area (Å²) in [5, 5.41) is 4.45. The molecule has 0 unspecified atom stereocenters. The Hall–Kier alpha value is -0.420. The highest BCUT2D eigenvalue weighted by atomic mass is 32.1. The van der Waals surface area contributed by atoms with Crippen LogP contribution < -0.4 is 0 Å². The van der Waals surface area contributed by atoms with Crippen molar-refractivity contribution >= 4 is 11.3 Å². The van der Waals surface area contributed by atoms with Crippen molar-refractivity contribution in [3.8, 4) is 0 Å². The van der Waals surface area contributed by atoms with Crippen LogP contribution in [0.2, 0.25) is 0 Å². The second kappa shape index (κ2) is 7.24. The van der Waals surface area contributed by atoms with Crippen LogP contribution in [0.25, 0.3) is 0 Å². The van der Waals surface area contributed by atoms with Crippen LogP contribution in [0.15, 0.2) is 16.8 Å². The van der Waals surface area contributed by atoms with Crippen molar-refractivity contribution in [1.82, 2.24) is 9.80 Å². The smallest absolute Gasteiger partial charge is 0.0474 e. The average Bonchev–Trinajstić information content (AvgIpc) is 2.93. The Balaban J connectivity index is 1.73. The van der Waals surface area contributed by atoms with Crippen LogP contribution in [-0.2, 0) is 4.74 Å². The minimum atomic E-state index is 0.567. The number of hydrogen-bond donors (Lipinski definition) is 0. The molecule has 2 heterocycles. The summed E-state index contributed by atoms with van der Waals surface area (Å²) in [6.07, 6.45) is 1.15. The second-order valence-electron chi connectivity index (χ2n) is 4.96. The van der Waals surface area contributed by atoms with E-state index >= 15 is 0 Å². The summed E-state index contributed by atoms with van der Waals surface area (Å²) in [6, 6.07) is 2.82. The number of thiophene rings is 1. The third-order valence-electron chi connectivity index (χ3n) is 3.80. The van der Waals surface area contributed by atoms with Crippen molar-refractivity contribution < 1.29 is 4.74 Å². The lowest BCUT2D eigenvalue weighted by molar-refractivity contribution is 0.0933. The predicted octanol–water partition coefficient (Wildman–Crippen LogP) is 2.46. The number of rotatable bonds is 6. The van der Waals surface area contributed by atoms with Crippen LogP contribution in [0, 0.1) is 0 Å². The summed E-state index contributed by atoms with van der Waals surface area (Å²) in [7, 11) is 1.78. The van der Waals surface area contributed by atoms with Crippen molar-refractivity contribution in [3.05, 3.63) is 22.4 Å². The molecule has 0 saturated carbocycles. The van der Waals surface area contributed by atoms with E-state index in [2.05, 4.69) is 33.6 Å². The Morgan fingerprint density at radius 3 is 2.72 bits per heavy atom. The summed E-state index contributed by atoms with van der Waals surface area (Å²) in [4.78, 5) is 5.14. The molecule has 1 aromatic heterocycles. The number of hydrogen-bond acceptors (Lipinski definition) is 4. The number of methoxy groups -OCH3 is 1. The fourth-order valence-electron chi connectivity index (χ4n) is 2.53. The number of nitrogens with zero attached hydrogens (tertiary/aromatic N) is 2. The summed E-state index contributed by atoms with van der Waals surface area (Å²) in [5.74, 6) is 0. The molecule has 0 spiro atoms. The van der Waals surface area contributed by atoms with E-state index in [4.69, 9.17) is 4.74 Å². The van der Waals surface area contributed by atoms with Crippen molar-refractivity contribution in [3.63, 3.8) is 0 Å². The highest BCUT2D eigenvalue weighted by Crippen LogP contribution is 2.23. The average molecular weight is 268 g/mol. The Morgan fingerprint density at radius 1 is 1.33 bits per heavy atom. The van der Waals surface area contributed by atoms with Gasteiger partial charge in [0, 0.05) is 52.5 Å². The molecule has 3 nitrogen and oxygen atoms in total. The zero-order chi connectivity index (χ0) is 12.8. The molecule has 0 radical (unpaired) electrons. The fraction of sp³-hybridized carbons (Fsp3) is 0.714. The van der Waals surface area contributed by atoms with E-state index in [9.17, 15) is 0 Å². The maximum atomic E-state index is 5.11. The van der Waals surface area contributed by atoms with Crippen LogP contribution >= 0.6 is 11.3 Å². The quantitative estimate of drug-likeness (QED) is 0.737. The van der Waals surface area contributed by atoms with E-state index in [-0.39, 0.29) is 0 Å². The molecule has 0 aromatic carbocycles. The van der Waals surface area contributed by atoms with Gasteiger partial charge in [0.15, 0.2) is 0 Å². The van der Waals surface area contributed by atoms with Gasteiger partial charge in [-0.15, -0.1) is 0 Å². The lowest BCUT2D eigenvalue weighted by Gasteiger charge is -2.38. The van der Waals surface area contributed by atoms with E-state index in [1.165, 1.54) is 38.3 Å². The van der Waals surface area contributed by atoms with Crippen molar-refractivity contribution in [2.24, 2.45) is 0 Å². The molecule has 1 saturated heterocycles. The molecule has 2 rings (SSSR count). The Morgan fingerprint density at radius 2 is 2.11 bits per heavy atom. The van der Waals surface area contributed by atoms with Gasteiger partial charge in [0.05, 0.1) is 0 Å². The van der Waals surface area contributed by atoms with Gasteiger partial charge in [-0.05, 0) is 35.7 Å². The predicted molar refractivity (Wildman–Crippen MR) is 77.2 cm³/mol. The van der Waals surface area contributed by atoms with Crippen LogP contribution in [0.4, 0.5) is 0 Å². The maximum Gasteiger partial charge on any atom is 0.0474 e. The summed E-state index contributed by atoms with van der Waals surface area (Å²) in [6.45, 7) is 9.13. The van der Waals surface area contributed by atoms with Crippen molar-refractivity contribution in [2.45, 2.75) is 19.4 Å². The Bertz CT molecular complexity index is 321. The van der Waals surface area contributed by atoms with Crippen LogP contribution in [-0.4, -0.2) is 56.2 Å². The van der Waals surface area contributed by atoms with Gasteiger partial charge in [0.1, 0.15) is 0 Å². The second-order valence-corrected chi connectivity index (χ2v) is 5.74. The third-order valence-corrected chi connectivity index (χ3v) is 4.50. The molecule has 102 valence electrons. The topological polar surface area (TPSA) is 15.7 Å². The van der Waals surface area contributed by atoms with Gasteiger partial charge in [-0.2, -0.15) is 11.3 Å². The van der Waals surface area contributed by atoms with Crippen molar-refractivity contribution in [2.75, 3.05) is 46.4 Å². The Labute approximate surface area is 114 Å². The molecule has 0 amide bonds. The zero-order valence-electron chi connectivity index (χ0n) is 11.5. The van der Waals surface area contributed by atoms with Gasteiger partial charge in [-0.3, -0.25) is 4.90 Å². The highest BCUT2D eigenvalue weighted by molar-refractivity contribution is 7.07. The van der Waals surface area contributed by atoms with E-state index in [1.54, 1.807) is 18.4 Å². The normalized spacial score (nSPS) is 20.1. The molecule has 0 N–H and O–H groups in total.